The Hall–Kier alpha value is -1.92. The van der Waals surface area contributed by atoms with Crippen molar-refractivity contribution >= 4 is 11.9 Å². The van der Waals surface area contributed by atoms with E-state index in [1.807, 2.05) is 30.3 Å². The van der Waals surface area contributed by atoms with Crippen LogP contribution < -0.4 is 5.32 Å². The molecule has 2 N–H and O–H groups in total. The molecule has 21 heavy (non-hydrogen) atoms. The highest BCUT2D eigenvalue weighted by Gasteiger charge is 2.31. The highest BCUT2D eigenvalue weighted by atomic mass is 16.7. The Balaban J connectivity index is 1.68. The Bertz CT molecular complexity index is 476. The molecule has 0 aliphatic carbocycles. The van der Waals surface area contributed by atoms with Crippen molar-refractivity contribution in [1.29, 1.82) is 0 Å². The van der Waals surface area contributed by atoms with Crippen molar-refractivity contribution in [2.24, 2.45) is 11.8 Å². The Morgan fingerprint density at radius 3 is 2.62 bits per heavy atom. The first-order valence-electron chi connectivity index (χ1n) is 6.88. The third kappa shape index (κ3) is 4.84. The van der Waals surface area contributed by atoms with Crippen molar-refractivity contribution in [2.45, 2.75) is 13.0 Å². The molecule has 1 fully saturated rings. The van der Waals surface area contributed by atoms with Gasteiger partial charge in [0.05, 0.1) is 18.4 Å². The van der Waals surface area contributed by atoms with E-state index in [0.717, 1.165) is 5.56 Å². The number of benzene rings is 1. The maximum Gasteiger partial charge on any atom is 0.312 e. The molecule has 1 heterocycles. The van der Waals surface area contributed by atoms with Gasteiger partial charge in [0.1, 0.15) is 0 Å². The molecule has 0 saturated carbocycles. The number of carboxylic acids is 1. The SMILES string of the molecule is O=C(O)C1CNCC(C(=O)OCOCc2ccccc2)C1. The van der Waals surface area contributed by atoms with Crippen LogP contribution in [0.3, 0.4) is 0 Å². The lowest BCUT2D eigenvalue weighted by Gasteiger charge is -2.25. The minimum atomic E-state index is -0.889. The minimum absolute atomic E-state index is 0.123. The Morgan fingerprint density at radius 2 is 1.90 bits per heavy atom. The van der Waals surface area contributed by atoms with E-state index in [4.69, 9.17) is 14.6 Å². The van der Waals surface area contributed by atoms with E-state index in [1.54, 1.807) is 0 Å². The van der Waals surface area contributed by atoms with E-state index in [1.165, 1.54) is 0 Å². The number of carbonyl (C=O) groups excluding carboxylic acids is 1. The molecule has 1 aliphatic heterocycles. The number of hydrogen-bond acceptors (Lipinski definition) is 5. The van der Waals surface area contributed by atoms with Crippen LogP contribution in [0.4, 0.5) is 0 Å². The molecule has 0 bridgehead atoms. The first kappa shape index (κ1) is 15.5. The zero-order valence-electron chi connectivity index (χ0n) is 11.7. The number of piperidine rings is 1. The van der Waals surface area contributed by atoms with Gasteiger partial charge in [0, 0.05) is 13.1 Å². The number of carbonyl (C=O) groups is 2. The van der Waals surface area contributed by atoms with Crippen LogP contribution in [0.25, 0.3) is 0 Å². The number of hydrogen-bond donors (Lipinski definition) is 2. The number of aliphatic carboxylic acids is 1. The summed E-state index contributed by atoms with van der Waals surface area (Å²) in [6.45, 7) is 1.08. The molecular formula is C15H19NO5. The Kier molecular flexibility index (Phi) is 5.71. The van der Waals surface area contributed by atoms with E-state index in [9.17, 15) is 9.59 Å². The van der Waals surface area contributed by atoms with Crippen LogP contribution in [0.1, 0.15) is 12.0 Å². The van der Waals surface area contributed by atoms with Crippen molar-refractivity contribution in [3.8, 4) is 0 Å². The van der Waals surface area contributed by atoms with Crippen LogP contribution in [0.15, 0.2) is 30.3 Å². The largest absolute Gasteiger partial charge is 0.481 e. The van der Waals surface area contributed by atoms with Gasteiger partial charge in [-0.05, 0) is 12.0 Å². The number of rotatable bonds is 6. The molecule has 2 atom stereocenters. The molecule has 114 valence electrons. The summed E-state index contributed by atoms with van der Waals surface area (Å²) in [5, 5.41) is 11.9. The summed E-state index contributed by atoms with van der Waals surface area (Å²) >= 11 is 0. The van der Waals surface area contributed by atoms with Gasteiger partial charge < -0.3 is 19.9 Å². The van der Waals surface area contributed by atoms with E-state index in [2.05, 4.69) is 5.32 Å². The summed E-state index contributed by atoms with van der Waals surface area (Å²) in [6.07, 6.45) is 0.305. The summed E-state index contributed by atoms with van der Waals surface area (Å²) in [5.74, 6) is -2.27. The van der Waals surface area contributed by atoms with Gasteiger partial charge in [-0.1, -0.05) is 30.3 Å². The maximum atomic E-state index is 11.8. The Labute approximate surface area is 123 Å². The van der Waals surface area contributed by atoms with Crippen molar-refractivity contribution in [3.63, 3.8) is 0 Å². The van der Waals surface area contributed by atoms with E-state index in [0.29, 0.717) is 26.1 Å². The molecule has 1 saturated heterocycles. The lowest BCUT2D eigenvalue weighted by Crippen LogP contribution is -2.43. The first-order chi connectivity index (χ1) is 10.2. The average Bonchev–Trinajstić information content (AvgIpc) is 2.52. The molecule has 0 aromatic heterocycles. The maximum absolute atomic E-state index is 11.8. The minimum Gasteiger partial charge on any atom is -0.481 e. The van der Waals surface area contributed by atoms with Crippen molar-refractivity contribution in [2.75, 3.05) is 19.9 Å². The summed E-state index contributed by atoms with van der Waals surface area (Å²) in [4.78, 5) is 22.8. The molecule has 1 aliphatic rings. The van der Waals surface area contributed by atoms with Gasteiger partial charge in [0.15, 0.2) is 6.79 Å². The van der Waals surface area contributed by atoms with Crippen LogP contribution in [0.5, 0.6) is 0 Å². The fraction of sp³-hybridized carbons (Fsp3) is 0.467. The predicted octanol–water partition coefficient (Wildman–Crippen LogP) is 1.01. The predicted molar refractivity (Wildman–Crippen MR) is 74.3 cm³/mol. The topological polar surface area (TPSA) is 84.9 Å². The lowest BCUT2D eigenvalue weighted by atomic mass is 9.91. The van der Waals surface area contributed by atoms with Gasteiger partial charge in [-0.2, -0.15) is 0 Å². The highest BCUT2D eigenvalue weighted by molar-refractivity contribution is 5.75. The molecule has 6 nitrogen and oxygen atoms in total. The molecule has 0 amide bonds. The van der Waals surface area contributed by atoms with Crippen LogP contribution in [-0.4, -0.2) is 36.9 Å². The second-order valence-corrected chi connectivity index (χ2v) is 5.04. The van der Waals surface area contributed by atoms with Gasteiger partial charge in [-0.3, -0.25) is 9.59 Å². The van der Waals surface area contributed by atoms with Crippen LogP contribution in [-0.2, 0) is 25.7 Å². The average molecular weight is 293 g/mol. The third-order valence-electron chi connectivity index (χ3n) is 3.43. The van der Waals surface area contributed by atoms with E-state index >= 15 is 0 Å². The van der Waals surface area contributed by atoms with Crippen LogP contribution >= 0.6 is 0 Å². The van der Waals surface area contributed by atoms with E-state index < -0.39 is 23.8 Å². The van der Waals surface area contributed by atoms with Gasteiger partial charge in [-0.25, -0.2) is 0 Å². The molecule has 1 aromatic rings. The van der Waals surface area contributed by atoms with Gasteiger partial charge >= 0.3 is 11.9 Å². The number of carboxylic acid groups (broad SMARTS) is 1. The lowest BCUT2D eigenvalue weighted by molar-refractivity contribution is -0.164. The standard InChI is InChI=1S/C15H19NO5/c17-14(18)12-6-13(8-16-7-12)15(19)21-10-20-9-11-4-2-1-3-5-11/h1-5,12-13,16H,6-10H2,(H,17,18). The summed E-state index contributed by atoms with van der Waals surface area (Å²) in [5.41, 5.74) is 0.999. The summed E-state index contributed by atoms with van der Waals surface area (Å²) in [6, 6.07) is 9.57. The molecule has 1 aromatic carbocycles. The van der Waals surface area contributed by atoms with Crippen molar-refractivity contribution < 1.29 is 24.2 Å². The molecule has 2 rings (SSSR count). The third-order valence-corrected chi connectivity index (χ3v) is 3.43. The molecule has 0 spiro atoms. The van der Waals surface area contributed by atoms with E-state index in [-0.39, 0.29) is 6.79 Å². The molecule has 0 radical (unpaired) electrons. The highest BCUT2D eigenvalue weighted by Crippen LogP contribution is 2.18. The van der Waals surface area contributed by atoms with Crippen LogP contribution in [0.2, 0.25) is 0 Å². The number of nitrogens with one attached hydrogen (secondary N) is 1. The zero-order chi connectivity index (χ0) is 15.1. The fourth-order valence-corrected chi connectivity index (χ4v) is 2.26. The van der Waals surface area contributed by atoms with Gasteiger partial charge in [0.25, 0.3) is 0 Å². The number of ether oxygens (including phenoxy) is 2. The summed E-state index contributed by atoms with van der Waals surface area (Å²) < 4.78 is 10.3. The Morgan fingerprint density at radius 1 is 1.19 bits per heavy atom. The number of esters is 1. The second kappa shape index (κ2) is 7.75. The fourth-order valence-electron chi connectivity index (χ4n) is 2.26. The van der Waals surface area contributed by atoms with Crippen LogP contribution in [0, 0.1) is 11.8 Å². The molecular weight excluding hydrogens is 274 g/mol. The zero-order valence-corrected chi connectivity index (χ0v) is 11.7. The second-order valence-electron chi connectivity index (χ2n) is 5.04. The summed E-state index contributed by atoms with van der Waals surface area (Å²) in [7, 11) is 0. The smallest absolute Gasteiger partial charge is 0.312 e. The van der Waals surface area contributed by atoms with Crippen molar-refractivity contribution in [1.82, 2.24) is 5.32 Å². The first-order valence-corrected chi connectivity index (χ1v) is 6.88. The molecule has 2 unspecified atom stereocenters. The molecule has 6 heteroatoms. The van der Waals surface area contributed by atoms with Gasteiger partial charge in [-0.15, -0.1) is 0 Å². The van der Waals surface area contributed by atoms with Gasteiger partial charge in [0.2, 0.25) is 0 Å². The quantitative estimate of drug-likeness (QED) is 0.463. The normalized spacial score (nSPS) is 21.7. The van der Waals surface area contributed by atoms with Crippen molar-refractivity contribution in [3.05, 3.63) is 35.9 Å². The monoisotopic (exact) mass is 293 g/mol.